The van der Waals surface area contributed by atoms with E-state index in [4.69, 9.17) is 16.3 Å². The minimum Gasteiger partial charge on any atom is -0.484 e. The predicted octanol–water partition coefficient (Wildman–Crippen LogP) is 4.36. The molecule has 0 saturated heterocycles. The zero-order valence-electron chi connectivity index (χ0n) is 17.7. The predicted molar refractivity (Wildman–Crippen MR) is 116 cm³/mol. The Bertz CT molecular complexity index is 861. The standard InChI is InChI=1S/C23H29ClN2O3/c1-16-8-6-11-20(12-16)29-15-21(27)26(14-18-9-7-10-19(24)13-18)17(2)22(28)25-23(3,4)5/h6-13,17H,14-15H2,1-5H3,(H,25,28)/t17-/m0/s1. The highest BCUT2D eigenvalue weighted by Crippen LogP contribution is 2.17. The Labute approximate surface area is 178 Å². The lowest BCUT2D eigenvalue weighted by atomic mass is 10.1. The molecule has 0 aliphatic heterocycles. The zero-order chi connectivity index (χ0) is 21.6. The van der Waals surface area contributed by atoms with Crippen LogP contribution in [0.25, 0.3) is 0 Å². The van der Waals surface area contributed by atoms with E-state index in [1.807, 2.05) is 58.0 Å². The average Bonchev–Trinajstić information content (AvgIpc) is 2.62. The van der Waals surface area contributed by atoms with E-state index in [0.717, 1.165) is 11.1 Å². The molecule has 1 N–H and O–H groups in total. The topological polar surface area (TPSA) is 58.6 Å². The van der Waals surface area contributed by atoms with E-state index in [1.165, 1.54) is 4.90 Å². The van der Waals surface area contributed by atoms with Gasteiger partial charge >= 0.3 is 0 Å². The molecule has 0 heterocycles. The Hall–Kier alpha value is -2.53. The van der Waals surface area contributed by atoms with Crippen molar-refractivity contribution in [3.8, 4) is 5.75 Å². The summed E-state index contributed by atoms with van der Waals surface area (Å²) in [6.45, 7) is 9.49. The number of ether oxygens (including phenoxy) is 1. The molecule has 0 saturated carbocycles. The van der Waals surface area contributed by atoms with Crippen LogP contribution in [0.15, 0.2) is 48.5 Å². The lowest BCUT2D eigenvalue weighted by Crippen LogP contribution is -2.53. The van der Waals surface area contributed by atoms with Crippen LogP contribution in [0.1, 0.15) is 38.8 Å². The monoisotopic (exact) mass is 416 g/mol. The van der Waals surface area contributed by atoms with Gasteiger partial charge in [0.2, 0.25) is 5.91 Å². The van der Waals surface area contributed by atoms with Crippen molar-refractivity contribution < 1.29 is 14.3 Å². The van der Waals surface area contributed by atoms with Crippen molar-refractivity contribution in [3.63, 3.8) is 0 Å². The van der Waals surface area contributed by atoms with Crippen molar-refractivity contribution in [3.05, 3.63) is 64.7 Å². The summed E-state index contributed by atoms with van der Waals surface area (Å²) in [6.07, 6.45) is 0. The number of carbonyl (C=O) groups excluding carboxylic acids is 2. The zero-order valence-corrected chi connectivity index (χ0v) is 18.4. The number of rotatable bonds is 7. The third kappa shape index (κ3) is 7.42. The first-order valence-electron chi connectivity index (χ1n) is 9.60. The van der Waals surface area contributed by atoms with Crippen LogP contribution in [0.3, 0.4) is 0 Å². The van der Waals surface area contributed by atoms with Gasteiger partial charge in [0.05, 0.1) is 0 Å². The third-order valence-electron chi connectivity index (χ3n) is 4.26. The summed E-state index contributed by atoms with van der Waals surface area (Å²) in [5.74, 6) is 0.124. The van der Waals surface area contributed by atoms with Gasteiger partial charge in [0, 0.05) is 17.1 Å². The summed E-state index contributed by atoms with van der Waals surface area (Å²) >= 11 is 6.09. The van der Waals surface area contributed by atoms with Gasteiger partial charge in [0.1, 0.15) is 11.8 Å². The van der Waals surface area contributed by atoms with E-state index in [9.17, 15) is 9.59 Å². The van der Waals surface area contributed by atoms with Crippen molar-refractivity contribution in [1.82, 2.24) is 10.2 Å². The molecule has 0 spiro atoms. The molecule has 5 nitrogen and oxygen atoms in total. The maximum Gasteiger partial charge on any atom is 0.261 e. The third-order valence-corrected chi connectivity index (χ3v) is 4.49. The Balaban J connectivity index is 2.18. The van der Waals surface area contributed by atoms with Gasteiger partial charge in [-0.25, -0.2) is 0 Å². The van der Waals surface area contributed by atoms with Crippen molar-refractivity contribution in [1.29, 1.82) is 0 Å². The second-order valence-corrected chi connectivity index (χ2v) is 8.61. The van der Waals surface area contributed by atoms with E-state index in [0.29, 0.717) is 10.8 Å². The number of nitrogens with one attached hydrogen (secondary N) is 1. The molecule has 0 aliphatic rings. The fraction of sp³-hybridized carbons (Fsp3) is 0.391. The Morgan fingerprint density at radius 1 is 1.14 bits per heavy atom. The number of aryl methyl sites for hydroxylation is 1. The van der Waals surface area contributed by atoms with Crippen LogP contribution in [0.2, 0.25) is 5.02 Å². The van der Waals surface area contributed by atoms with Gasteiger partial charge in [-0.2, -0.15) is 0 Å². The van der Waals surface area contributed by atoms with Crippen molar-refractivity contribution in [2.45, 2.75) is 52.7 Å². The first-order chi connectivity index (χ1) is 13.5. The van der Waals surface area contributed by atoms with Crippen LogP contribution in [0, 0.1) is 6.92 Å². The van der Waals surface area contributed by atoms with Crippen LogP contribution in [-0.2, 0) is 16.1 Å². The number of nitrogens with zero attached hydrogens (tertiary/aromatic N) is 1. The molecule has 6 heteroatoms. The first kappa shape index (κ1) is 22.8. The van der Waals surface area contributed by atoms with Crippen LogP contribution in [0.5, 0.6) is 5.75 Å². The quantitative estimate of drug-likeness (QED) is 0.729. The minimum atomic E-state index is -0.665. The smallest absolute Gasteiger partial charge is 0.261 e. The highest BCUT2D eigenvalue weighted by Gasteiger charge is 2.28. The molecule has 1 atom stereocenters. The summed E-state index contributed by atoms with van der Waals surface area (Å²) in [7, 11) is 0. The van der Waals surface area contributed by atoms with E-state index in [1.54, 1.807) is 25.1 Å². The molecule has 0 bridgehead atoms. The highest BCUT2D eigenvalue weighted by atomic mass is 35.5. The summed E-state index contributed by atoms with van der Waals surface area (Å²) in [6, 6.07) is 14.1. The van der Waals surface area contributed by atoms with Crippen LogP contribution in [0.4, 0.5) is 0 Å². The Morgan fingerprint density at radius 3 is 2.45 bits per heavy atom. The maximum absolute atomic E-state index is 13.0. The summed E-state index contributed by atoms with van der Waals surface area (Å²) in [5, 5.41) is 3.51. The van der Waals surface area contributed by atoms with Gasteiger partial charge in [0.25, 0.3) is 5.91 Å². The van der Waals surface area contributed by atoms with Crippen LogP contribution >= 0.6 is 11.6 Å². The molecule has 2 aromatic rings. The van der Waals surface area contributed by atoms with E-state index in [2.05, 4.69) is 5.32 Å². The summed E-state index contributed by atoms with van der Waals surface area (Å²) in [4.78, 5) is 27.2. The molecule has 0 radical (unpaired) electrons. The molecule has 2 aromatic carbocycles. The molecule has 0 unspecified atom stereocenters. The number of carbonyl (C=O) groups is 2. The molecule has 29 heavy (non-hydrogen) atoms. The number of halogens is 1. The van der Waals surface area contributed by atoms with Gasteiger partial charge in [0.15, 0.2) is 6.61 Å². The minimum absolute atomic E-state index is 0.156. The number of hydrogen-bond donors (Lipinski definition) is 1. The number of amides is 2. The number of hydrogen-bond acceptors (Lipinski definition) is 3. The van der Waals surface area contributed by atoms with Crippen molar-refractivity contribution in [2.75, 3.05) is 6.61 Å². The fourth-order valence-electron chi connectivity index (χ4n) is 2.82. The van der Waals surface area contributed by atoms with Crippen molar-refractivity contribution in [2.24, 2.45) is 0 Å². The second-order valence-electron chi connectivity index (χ2n) is 8.17. The molecule has 0 fully saturated rings. The van der Waals surface area contributed by atoms with Crippen LogP contribution < -0.4 is 10.1 Å². The van der Waals surface area contributed by atoms with E-state index in [-0.39, 0.29) is 25.0 Å². The molecule has 156 valence electrons. The largest absolute Gasteiger partial charge is 0.484 e. The molecule has 2 rings (SSSR count). The second kappa shape index (κ2) is 9.79. The van der Waals surface area contributed by atoms with Crippen molar-refractivity contribution >= 4 is 23.4 Å². The molecular weight excluding hydrogens is 388 g/mol. The molecule has 0 aliphatic carbocycles. The normalized spacial score (nSPS) is 12.2. The van der Waals surface area contributed by atoms with Gasteiger partial charge in [-0.3, -0.25) is 9.59 Å². The lowest BCUT2D eigenvalue weighted by molar-refractivity contribution is -0.142. The number of benzene rings is 2. The Morgan fingerprint density at radius 2 is 1.83 bits per heavy atom. The van der Waals surface area contributed by atoms with Crippen LogP contribution in [-0.4, -0.2) is 34.9 Å². The summed E-state index contributed by atoms with van der Waals surface area (Å²) < 4.78 is 5.67. The van der Waals surface area contributed by atoms with E-state index < -0.39 is 11.6 Å². The SMILES string of the molecule is Cc1cccc(OCC(=O)N(Cc2cccc(Cl)c2)[C@@H](C)C(=O)NC(C)(C)C)c1. The molecular formula is C23H29ClN2O3. The fourth-order valence-corrected chi connectivity index (χ4v) is 3.03. The first-order valence-corrected chi connectivity index (χ1v) is 9.98. The average molecular weight is 417 g/mol. The molecule has 0 aromatic heterocycles. The maximum atomic E-state index is 13.0. The highest BCUT2D eigenvalue weighted by molar-refractivity contribution is 6.30. The van der Waals surface area contributed by atoms with E-state index >= 15 is 0 Å². The van der Waals surface area contributed by atoms with Gasteiger partial charge in [-0.15, -0.1) is 0 Å². The lowest BCUT2D eigenvalue weighted by Gasteiger charge is -2.31. The molecule has 2 amide bonds. The van der Waals surface area contributed by atoms with Gasteiger partial charge < -0.3 is 15.0 Å². The van der Waals surface area contributed by atoms with Gasteiger partial charge in [-0.1, -0.05) is 35.9 Å². The summed E-state index contributed by atoms with van der Waals surface area (Å²) in [5.41, 5.74) is 1.49. The Kier molecular flexibility index (Phi) is 7.68. The van der Waals surface area contributed by atoms with Gasteiger partial charge in [-0.05, 0) is 70.0 Å².